The Balaban J connectivity index is 1.52. The van der Waals surface area contributed by atoms with E-state index in [-0.39, 0.29) is 0 Å². The van der Waals surface area contributed by atoms with E-state index in [4.69, 9.17) is 0 Å². The van der Waals surface area contributed by atoms with Crippen molar-refractivity contribution < 1.29 is 0 Å². The van der Waals surface area contributed by atoms with E-state index >= 15 is 0 Å². The zero-order chi connectivity index (χ0) is 35.8. The van der Waals surface area contributed by atoms with Crippen LogP contribution in [0.5, 0.6) is 0 Å². The first-order chi connectivity index (χ1) is 25.6. The van der Waals surface area contributed by atoms with Crippen LogP contribution in [0.2, 0.25) is 0 Å². The first-order valence-corrected chi connectivity index (χ1v) is 17.0. The van der Waals surface area contributed by atoms with Crippen LogP contribution in [0.4, 0.5) is 0 Å². The molecular formula is C48H30N4. The summed E-state index contributed by atoms with van der Waals surface area (Å²) in [5.74, 6) is 0. The average Bonchev–Trinajstić information content (AvgIpc) is 3.52. The summed E-state index contributed by atoms with van der Waals surface area (Å²) in [4.78, 5) is 0. The van der Waals surface area contributed by atoms with Gasteiger partial charge in [0.15, 0.2) is 0 Å². The number of benzene rings is 7. The maximum Gasteiger partial charge on any atom is 0.0998 e. The third-order valence-electron chi connectivity index (χ3n) is 9.81. The molecule has 1 heterocycles. The second kappa shape index (κ2) is 13.1. The maximum absolute atomic E-state index is 10.8. The third kappa shape index (κ3) is 5.05. The summed E-state index contributed by atoms with van der Waals surface area (Å²) in [7, 11) is 0. The van der Waals surface area contributed by atoms with Gasteiger partial charge in [0.25, 0.3) is 0 Å². The minimum absolute atomic E-state index is 0.489. The van der Waals surface area contributed by atoms with Gasteiger partial charge in [-0.05, 0) is 99.3 Å². The third-order valence-corrected chi connectivity index (χ3v) is 9.81. The molecule has 0 N–H and O–H groups in total. The lowest BCUT2D eigenvalue weighted by Gasteiger charge is -2.22. The van der Waals surface area contributed by atoms with E-state index in [1.807, 2.05) is 72.8 Å². The Morgan fingerprint density at radius 2 is 1.17 bits per heavy atom. The number of nitriles is 3. The lowest BCUT2D eigenvalue weighted by atomic mass is 9.82. The predicted octanol–water partition coefficient (Wildman–Crippen LogP) is 12.2. The van der Waals surface area contributed by atoms with Gasteiger partial charge < -0.3 is 4.57 Å². The SMILES string of the molecule is C=C/C=C\C=C(/C)c1c2ccccc2c(-c2cccc(C#N)c2-c2cc(C#N)ccc2-n2c3ccccc3c3cc(C#N)ccc32)c2ccccc12. The number of hydrogen-bond acceptors (Lipinski definition) is 3. The Morgan fingerprint density at radius 1 is 0.558 bits per heavy atom. The van der Waals surface area contributed by atoms with Crippen LogP contribution in [0, 0.1) is 34.0 Å². The fourth-order valence-electron chi connectivity index (χ4n) is 7.65. The average molecular weight is 663 g/mol. The smallest absolute Gasteiger partial charge is 0.0998 e. The van der Waals surface area contributed by atoms with Gasteiger partial charge in [-0.1, -0.05) is 110 Å². The molecule has 4 nitrogen and oxygen atoms in total. The van der Waals surface area contributed by atoms with Gasteiger partial charge in [0.2, 0.25) is 0 Å². The highest BCUT2D eigenvalue weighted by Crippen LogP contribution is 2.47. The number of aromatic nitrogens is 1. The molecule has 0 atom stereocenters. The largest absolute Gasteiger partial charge is 0.309 e. The lowest BCUT2D eigenvalue weighted by Crippen LogP contribution is -2.01. The van der Waals surface area contributed by atoms with Crippen LogP contribution < -0.4 is 0 Å². The van der Waals surface area contributed by atoms with Gasteiger partial charge in [0, 0.05) is 21.9 Å². The number of para-hydroxylation sites is 1. The second-order valence-corrected chi connectivity index (χ2v) is 12.7. The fraction of sp³-hybridized carbons (Fsp3) is 0.0208. The van der Waals surface area contributed by atoms with E-state index in [9.17, 15) is 15.8 Å². The van der Waals surface area contributed by atoms with Crippen molar-refractivity contribution in [2.45, 2.75) is 6.92 Å². The van der Waals surface area contributed by atoms with Crippen LogP contribution in [0.1, 0.15) is 29.2 Å². The Morgan fingerprint density at radius 3 is 1.85 bits per heavy atom. The molecule has 0 saturated heterocycles. The van der Waals surface area contributed by atoms with Gasteiger partial charge in [-0.25, -0.2) is 0 Å². The van der Waals surface area contributed by atoms with Crippen molar-refractivity contribution in [3.8, 4) is 46.1 Å². The highest BCUT2D eigenvalue weighted by molar-refractivity contribution is 6.20. The highest BCUT2D eigenvalue weighted by Gasteiger charge is 2.24. The highest BCUT2D eigenvalue weighted by atomic mass is 15.0. The molecular weight excluding hydrogens is 633 g/mol. The van der Waals surface area contributed by atoms with Crippen LogP contribution in [0.15, 0.2) is 158 Å². The van der Waals surface area contributed by atoms with Gasteiger partial charge in [-0.2, -0.15) is 15.8 Å². The molecule has 0 aliphatic rings. The first-order valence-electron chi connectivity index (χ1n) is 17.0. The number of nitrogens with zero attached hydrogens (tertiary/aromatic N) is 4. The van der Waals surface area contributed by atoms with Crippen LogP contribution in [-0.2, 0) is 0 Å². The molecule has 0 unspecified atom stereocenters. The Kier molecular flexibility index (Phi) is 8.02. The molecule has 8 aromatic rings. The van der Waals surface area contributed by atoms with Crippen molar-refractivity contribution in [2.24, 2.45) is 0 Å². The van der Waals surface area contributed by atoms with E-state index in [1.165, 1.54) is 0 Å². The minimum Gasteiger partial charge on any atom is -0.309 e. The molecule has 0 radical (unpaired) electrons. The molecule has 7 aromatic carbocycles. The number of fused-ring (bicyclic) bond motifs is 5. The van der Waals surface area contributed by atoms with Gasteiger partial charge in [0.1, 0.15) is 0 Å². The van der Waals surface area contributed by atoms with E-state index in [2.05, 4.69) is 109 Å². The quantitative estimate of drug-likeness (QED) is 0.131. The van der Waals surface area contributed by atoms with Gasteiger partial charge in [0.05, 0.1) is 51.6 Å². The van der Waals surface area contributed by atoms with Crippen molar-refractivity contribution in [3.63, 3.8) is 0 Å². The number of rotatable bonds is 6. The topological polar surface area (TPSA) is 76.3 Å². The van der Waals surface area contributed by atoms with Crippen molar-refractivity contribution >= 4 is 48.9 Å². The summed E-state index contributed by atoms with van der Waals surface area (Å²) in [6, 6.07) is 49.5. The van der Waals surface area contributed by atoms with Crippen LogP contribution in [0.3, 0.4) is 0 Å². The molecule has 0 aliphatic carbocycles. The first kappa shape index (κ1) is 31.8. The molecule has 4 heteroatoms. The zero-order valence-electron chi connectivity index (χ0n) is 28.4. The molecule has 0 spiro atoms. The van der Waals surface area contributed by atoms with Gasteiger partial charge >= 0.3 is 0 Å². The van der Waals surface area contributed by atoms with E-state index in [0.717, 1.165) is 82.4 Å². The fourth-order valence-corrected chi connectivity index (χ4v) is 7.65. The van der Waals surface area contributed by atoms with E-state index < -0.39 is 0 Å². The van der Waals surface area contributed by atoms with E-state index in [0.29, 0.717) is 16.7 Å². The molecule has 8 rings (SSSR count). The Bertz CT molecular complexity index is 2910. The molecule has 0 bridgehead atoms. The summed E-state index contributed by atoms with van der Waals surface area (Å²) in [6.45, 7) is 5.96. The molecule has 52 heavy (non-hydrogen) atoms. The van der Waals surface area contributed by atoms with Crippen molar-refractivity contribution in [1.29, 1.82) is 15.8 Å². The van der Waals surface area contributed by atoms with Crippen molar-refractivity contribution in [1.82, 2.24) is 4.57 Å². The molecule has 0 amide bonds. The Hall–Kier alpha value is -7.45. The van der Waals surface area contributed by atoms with Crippen molar-refractivity contribution in [3.05, 3.63) is 181 Å². The zero-order valence-corrected chi connectivity index (χ0v) is 28.4. The predicted molar refractivity (Wildman–Crippen MR) is 214 cm³/mol. The maximum atomic E-state index is 10.8. The van der Waals surface area contributed by atoms with Crippen LogP contribution in [0.25, 0.3) is 76.9 Å². The minimum atomic E-state index is 0.489. The summed E-state index contributed by atoms with van der Waals surface area (Å²) in [6.07, 6.45) is 7.82. The van der Waals surface area contributed by atoms with E-state index in [1.54, 1.807) is 6.08 Å². The van der Waals surface area contributed by atoms with Crippen molar-refractivity contribution in [2.75, 3.05) is 0 Å². The van der Waals surface area contributed by atoms with Crippen LogP contribution >= 0.6 is 0 Å². The summed E-state index contributed by atoms with van der Waals surface area (Å²) in [5, 5.41) is 37.0. The monoisotopic (exact) mass is 662 g/mol. The van der Waals surface area contributed by atoms with Gasteiger partial charge in [-0.15, -0.1) is 0 Å². The number of allylic oxidation sites excluding steroid dienone is 5. The van der Waals surface area contributed by atoms with Crippen LogP contribution in [-0.4, -0.2) is 4.57 Å². The second-order valence-electron chi connectivity index (χ2n) is 12.7. The summed E-state index contributed by atoms with van der Waals surface area (Å²) >= 11 is 0. The molecule has 242 valence electrons. The summed E-state index contributed by atoms with van der Waals surface area (Å²) in [5.41, 5.74) is 10.00. The summed E-state index contributed by atoms with van der Waals surface area (Å²) < 4.78 is 2.18. The lowest BCUT2D eigenvalue weighted by molar-refractivity contribution is 1.18. The normalized spacial score (nSPS) is 11.6. The van der Waals surface area contributed by atoms with Gasteiger partial charge in [-0.3, -0.25) is 0 Å². The standard InChI is InChI=1S/C48H30N4/c1-3-4-5-13-31(2)46-36-16-6-8-18-38(36)48(39-19-9-7-17-37(39)46)40-20-12-14-34(30-51)47(40)42-27-33(29-50)23-25-45(42)52-43-21-11-10-15-35(43)41-26-32(28-49)22-24-44(41)52/h3-27H,1H2,2H3/b5-4-,31-13+. The molecule has 0 saturated carbocycles. The number of hydrogen-bond donors (Lipinski definition) is 0. The molecule has 0 fully saturated rings. The molecule has 1 aromatic heterocycles. The Labute approximate surface area is 302 Å². The molecule has 0 aliphatic heterocycles.